The van der Waals surface area contributed by atoms with E-state index in [1.54, 1.807) is 12.1 Å². The summed E-state index contributed by atoms with van der Waals surface area (Å²) in [7, 11) is 0. The van der Waals surface area contributed by atoms with Crippen LogP contribution < -0.4 is 5.73 Å². The Hall–Kier alpha value is -2.70. The van der Waals surface area contributed by atoms with Gasteiger partial charge in [-0.3, -0.25) is 14.9 Å². The number of rotatable bonds is 3. The smallest absolute Gasteiger partial charge is 0.294 e. The van der Waals surface area contributed by atoms with E-state index in [2.05, 4.69) is 5.10 Å². The second kappa shape index (κ2) is 4.05. The standard InChI is InChI=1S/C10H8N4O3/c11-10(15)7-5-6-13(12-7)8-3-1-2-4-9(8)14(16)17/h1-6H,(H2,11,15). The molecule has 0 bridgehead atoms. The number of aromatic nitrogens is 2. The van der Waals surface area contributed by atoms with E-state index in [4.69, 9.17) is 5.73 Å². The summed E-state index contributed by atoms with van der Waals surface area (Å²) in [5, 5.41) is 14.7. The van der Waals surface area contributed by atoms with Gasteiger partial charge in [0.25, 0.3) is 11.6 Å². The first kappa shape index (κ1) is 10.8. The zero-order valence-electron chi connectivity index (χ0n) is 8.61. The van der Waals surface area contributed by atoms with Crippen molar-refractivity contribution in [3.63, 3.8) is 0 Å². The van der Waals surface area contributed by atoms with Gasteiger partial charge >= 0.3 is 0 Å². The highest BCUT2D eigenvalue weighted by atomic mass is 16.6. The minimum Gasteiger partial charge on any atom is -0.364 e. The second-order valence-electron chi connectivity index (χ2n) is 3.26. The van der Waals surface area contributed by atoms with Crippen molar-refractivity contribution in [1.82, 2.24) is 9.78 Å². The maximum Gasteiger partial charge on any atom is 0.294 e. The highest BCUT2D eigenvalue weighted by Crippen LogP contribution is 2.21. The number of hydrogen-bond donors (Lipinski definition) is 1. The molecule has 17 heavy (non-hydrogen) atoms. The maximum atomic E-state index is 10.9. The third-order valence-corrected chi connectivity index (χ3v) is 2.17. The first-order valence-corrected chi connectivity index (χ1v) is 4.69. The molecular formula is C10H8N4O3. The van der Waals surface area contributed by atoms with Gasteiger partial charge in [0.15, 0.2) is 0 Å². The molecule has 2 N–H and O–H groups in total. The molecule has 0 saturated heterocycles. The van der Waals surface area contributed by atoms with Crippen LogP contribution in [0.25, 0.3) is 5.69 Å². The van der Waals surface area contributed by atoms with Crippen LogP contribution in [-0.4, -0.2) is 20.6 Å². The minimum atomic E-state index is -0.678. The number of nitro benzene ring substituents is 1. The summed E-state index contributed by atoms with van der Waals surface area (Å²) in [5.41, 5.74) is 5.30. The molecule has 0 saturated carbocycles. The molecule has 1 amide bonds. The molecule has 86 valence electrons. The van der Waals surface area contributed by atoms with Crippen molar-refractivity contribution in [2.24, 2.45) is 5.73 Å². The van der Waals surface area contributed by atoms with Gasteiger partial charge in [0.1, 0.15) is 11.4 Å². The van der Waals surface area contributed by atoms with Gasteiger partial charge in [-0.1, -0.05) is 12.1 Å². The normalized spacial score (nSPS) is 10.1. The third-order valence-electron chi connectivity index (χ3n) is 2.17. The Kier molecular flexibility index (Phi) is 2.57. The average Bonchev–Trinajstić information content (AvgIpc) is 2.78. The predicted molar refractivity (Wildman–Crippen MR) is 58.7 cm³/mol. The van der Waals surface area contributed by atoms with Crippen LogP contribution in [0, 0.1) is 10.1 Å². The third kappa shape index (κ3) is 1.98. The fraction of sp³-hybridized carbons (Fsp3) is 0. The molecule has 0 radical (unpaired) electrons. The van der Waals surface area contributed by atoms with Crippen molar-refractivity contribution >= 4 is 11.6 Å². The highest BCUT2D eigenvalue weighted by molar-refractivity contribution is 5.90. The second-order valence-corrected chi connectivity index (χ2v) is 3.26. The molecule has 0 atom stereocenters. The number of primary amides is 1. The number of carbonyl (C=O) groups excluding carboxylic acids is 1. The summed E-state index contributed by atoms with van der Waals surface area (Å²) in [5.74, 6) is -0.678. The van der Waals surface area contributed by atoms with Crippen LogP contribution >= 0.6 is 0 Å². The zero-order valence-corrected chi connectivity index (χ0v) is 8.61. The number of nitrogens with zero attached hydrogens (tertiary/aromatic N) is 3. The van der Waals surface area contributed by atoms with E-state index in [0.29, 0.717) is 0 Å². The Bertz CT molecular complexity index is 591. The summed E-state index contributed by atoms with van der Waals surface area (Å²) in [6.07, 6.45) is 1.45. The van der Waals surface area contributed by atoms with Gasteiger partial charge in [0.2, 0.25) is 0 Å². The summed E-state index contributed by atoms with van der Waals surface area (Å²) in [6, 6.07) is 7.50. The van der Waals surface area contributed by atoms with Crippen LogP contribution in [0.4, 0.5) is 5.69 Å². The molecule has 0 spiro atoms. The molecule has 0 aliphatic carbocycles. The van der Waals surface area contributed by atoms with Gasteiger partial charge in [-0.05, 0) is 12.1 Å². The van der Waals surface area contributed by atoms with E-state index in [1.165, 1.54) is 29.1 Å². The molecule has 2 aromatic rings. The number of hydrogen-bond acceptors (Lipinski definition) is 4. The molecule has 2 rings (SSSR count). The fourth-order valence-corrected chi connectivity index (χ4v) is 1.40. The van der Waals surface area contributed by atoms with Crippen LogP contribution in [0.15, 0.2) is 36.5 Å². The summed E-state index contributed by atoms with van der Waals surface area (Å²) < 4.78 is 1.25. The van der Waals surface area contributed by atoms with Crippen molar-refractivity contribution in [1.29, 1.82) is 0 Å². The number of benzene rings is 1. The van der Waals surface area contributed by atoms with Crippen LogP contribution in [0.1, 0.15) is 10.5 Å². The van der Waals surface area contributed by atoms with Crippen molar-refractivity contribution in [3.8, 4) is 5.69 Å². The lowest BCUT2D eigenvalue weighted by Crippen LogP contribution is -2.12. The van der Waals surface area contributed by atoms with Crippen LogP contribution in [-0.2, 0) is 0 Å². The van der Waals surface area contributed by atoms with Gasteiger partial charge in [0.05, 0.1) is 4.92 Å². The van der Waals surface area contributed by atoms with Gasteiger partial charge in [-0.25, -0.2) is 4.68 Å². The van der Waals surface area contributed by atoms with E-state index >= 15 is 0 Å². The summed E-state index contributed by atoms with van der Waals surface area (Å²) in [6.45, 7) is 0. The van der Waals surface area contributed by atoms with Gasteiger partial charge < -0.3 is 5.73 Å². The fourth-order valence-electron chi connectivity index (χ4n) is 1.40. The number of para-hydroxylation sites is 2. The van der Waals surface area contributed by atoms with E-state index in [-0.39, 0.29) is 17.1 Å². The van der Waals surface area contributed by atoms with Crippen LogP contribution in [0.3, 0.4) is 0 Å². The van der Waals surface area contributed by atoms with Crippen molar-refractivity contribution in [2.45, 2.75) is 0 Å². The SMILES string of the molecule is NC(=O)c1ccn(-c2ccccc2[N+](=O)[O-])n1. The Morgan fingerprint density at radius 2 is 2.06 bits per heavy atom. The van der Waals surface area contributed by atoms with Crippen LogP contribution in [0.2, 0.25) is 0 Å². The van der Waals surface area contributed by atoms with Gasteiger partial charge in [-0.2, -0.15) is 5.10 Å². The Morgan fingerprint density at radius 1 is 1.35 bits per heavy atom. The molecule has 1 aromatic carbocycles. The molecule has 0 unspecified atom stereocenters. The lowest BCUT2D eigenvalue weighted by atomic mass is 10.3. The van der Waals surface area contributed by atoms with E-state index < -0.39 is 10.8 Å². The Morgan fingerprint density at radius 3 is 2.65 bits per heavy atom. The first-order valence-electron chi connectivity index (χ1n) is 4.69. The summed E-state index contributed by atoms with van der Waals surface area (Å²) in [4.78, 5) is 21.2. The molecule has 1 heterocycles. The van der Waals surface area contributed by atoms with Gasteiger partial charge in [-0.15, -0.1) is 0 Å². The zero-order chi connectivity index (χ0) is 12.4. The topological polar surface area (TPSA) is 104 Å². The van der Waals surface area contributed by atoms with Crippen molar-refractivity contribution < 1.29 is 9.72 Å². The largest absolute Gasteiger partial charge is 0.364 e. The maximum absolute atomic E-state index is 10.9. The van der Waals surface area contributed by atoms with E-state index in [0.717, 1.165) is 0 Å². The number of amides is 1. The number of nitrogens with two attached hydrogens (primary N) is 1. The average molecular weight is 232 g/mol. The molecular weight excluding hydrogens is 224 g/mol. The quantitative estimate of drug-likeness (QED) is 0.626. The summed E-state index contributed by atoms with van der Waals surface area (Å²) >= 11 is 0. The number of nitro groups is 1. The molecule has 7 nitrogen and oxygen atoms in total. The van der Waals surface area contributed by atoms with Gasteiger partial charge in [0, 0.05) is 12.3 Å². The lowest BCUT2D eigenvalue weighted by molar-refractivity contribution is -0.384. The molecule has 0 aliphatic rings. The minimum absolute atomic E-state index is 0.0585. The molecule has 1 aromatic heterocycles. The van der Waals surface area contributed by atoms with Crippen LogP contribution in [0.5, 0.6) is 0 Å². The number of carbonyl (C=O) groups is 1. The Balaban J connectivity index is 2.52. The molecule has 7 heteroatoms. The monoisotopic (exact) mass is 232 g/mol. The van der Waals surface area contributed by atoms with Crippen molar-refractivity contribution in [3.05, 3.63) is 52.3 Å². The van der Waals surface area contributed by atoms with E-state index in [1.807, 2.05) is 0 Å². The Labute approximate surface area is 95.6 Å². The predicted octanol–water partition coefficient (Wildman–Crippen LogP) is 0.879. The highest BCUT2D eigenvalue weighted by Gasteiger charge is 2.15. The van der Waals surface area contributed by atoms with Crippen molar-refractivity contribution in [2.75, 3.05) is 0 Å². The lowest BCUT2D eigenvalue weighted by Gasteiger charge is -2.01. The first-order chi connectivity index (χ1) is 8.09. The molecule has 0 fully saturated rings. The van der Waals surface area contributed by atoms with E-state index in [9.17, 15) is 14.9 Å². The molecule has 0 aliphatic heterocycles.